The topological polar surface area (TPSA) is 77.4 Å². The number of rotatable bonds is 8. The quantitative estimate of drug-likeness (QED) is 0.756. The van der Waals surface area contributed by atoms with Crippen molar-refractivity contribution in [3.05, 3.63) is 41.7 Å². The lowest BCUT2D eigenvalue weighted by Crippen LogP contribution is -2.37. The standard InChI is InChI=1S/C19H28N4O3/c1-12(2)26-16-8-7-14(9-17(16)25-6)13(3)22-19(24)18(20-4)15-10-21-23(5)11-15/h7-13,18,20H,1-6H3,(H,22,24). The van der Waals surface area contributed by atoms with Crippen LogP contribution in [0, 0.1) is 0 Å². The van der Waals surface area contributed by atoms with E-state index in [1.54, 1.807) is 25.0 Å². The first-order valence-electron chi connectivity index (χ1n) is 8.66. The van der Waals surface area contributed by atoms with Crippen LogP contribution in [-0.2, 0) is 11.8 Å². The Morgan fingerprint density at radius 2 is 1.92 bits per heavy atom. The molecule has 0 aliphatic heterocycles. The van der Waals surface area contributed by atoms with Gasteiger partial charge in [0.1, 0.15) is 6.04 Å². The fourth-order valence-corrected chi connectivity index (χ4v) is 2.72. The molecule has 1 amide bonds. The van der Waals surface area contributed by atoms with E-state index in [2.05, 4.69) is 15.7 Å². The molecule has 0 aliphatic rings. The number of nitrogens with zero attached hydrogens (tertiary/aromatic N) is 2. The Balaban J connectivity index is 2.13. The van der Waals surface area contributed by atoms with Gasteiger partial charge in [-0.2, -0.15) is 5.10 Å². The summed E-state index contributed by atoms with van der Waals surface area (Å²) in [6.07, 6.45) is 3.57. The molecule has 142 valence electrons. The number of amides is 1. The molecule has 2 unspecified atom stereocenters. The molecule has 0 saturated heterocycles. The largest absolute Gasteiger partial charge is 0.493 e. The van der Waals surface area contributed by atoms with Crippen molar-refractivity contribution in [2.75, 3.05) is 14.2 Å². The minimum Gasteiger partial charge on any atom is -0.493 e. The molecule has 0 spiro atoms. The molecule has 26 heavy (non-hydrogen) atoms. The Morgan fingerprint density at radius 1 is 1.19 bits per heavy atom. The highest BCUT2D eigenvalue weighted by atomic mass is 16.5. The molecule has 2 aromatic rings. The Hall–Kier alpha value is -2.54. The summed E-state index contributed by atoms with van der Waals surface area (Å²) >= 11 is 0. The van der Waals surface area contributed by atoms with Gasteiger partial charge < -0.3 is 20.1 Å². The van der Waals surface area contributed by atoms with Crippen LogP contribution in [0.4, 0.5) is 0 Å². The maximum Gasteiger partial charge on any atom is 0.242 e. The third-order valence-electron chi connectivity index (χ3n) is 4.02. The maximum absolute atomic E-state index is 12.7. The highest BCUT2D eigenvalue weighted by Gasteiger charge is 2.22. The summed E-state index contributed by atoms with van der Waals surface area (Å²) in [4.78, 5) is 12.7. The molecule has 7 nitrogen and oxygen atoms in total. The van der Waals surface area contributed by atoms with Crippen LogP contribution in [0.25, 0.3) is 0 Å². The Kier molecular flexibility index (Phi) is 6.63. The van der Waals surface area contributed by atoms with Crippen molar-refractivity contribution < 1.29 is 14.3 Å². The smallest absolute Gasteiger partial charge is 0.242 e. The third-order valence-corrected chi connectivity index (χ3v) is 4.02. The molecule has 0 fully saturated rings. The average Bonchev–Trinajstić information content (AvgIpc) is 3.01. The molecule has 1 aromatic carbocycles. The van der Waals surface area contributed by atoms with E-state index in [-0.39, 0.29) is 18.1 Å². The second-order valence-electron chi connectivity index (χ2n) is 6.48. The highest BCUT2D eigenvalue weighted by Crippen LogP contribution is 2.31. The lowest BCUT2D eigenvalue weighted by Gasteiger charge is -2.21. The van der Waals surface area contributed by atoms with E-state index in [0.29, 0.717) is 11.5 Å². The van der Waals surface area contributed by atoms with Gasteiger partial charge in [-0.3, -0.25) is 9.48 Å². The summed E-state index contributed by atoms with van der Waals surface area (Å²) in [7, 11) is 5.18. The number of hydrogen-bond donors (Lipinski definition) is 2. The molecule has 2 rings (SSSR count). The zero-order valence-electron chi connectivity index (χ0n) is 16.2. The van der Waals surface area contributed by atoms with Crippen LogP contribution in [-0.4, -0.2) is 35.9 Å². The van der Waals surface area contributed by atoms with E-state index >= 15 is 0 Å². The van der Waals surface area contributed by atoms with E-state index in [0.717, 1.165) is 11.1 Å². The number of aromatic nitrogens is 2. The highest BCUT2D eigenvalue weighted by molar-refractivity contribution is 5.83. The van der Waals surface area contributed by atoms with E-state index < -0.39 is 6.04 Å². The van der Waals surface area contributed by atoms with Crippen molar-refractivity contribution in [1.29, 1.82) is 0 Å². The molecule has 0 radical (unpaired) electrons. The molecule has 1 heterocycles. The molecule has 0 saturated carbocycles. The predicted molar refractivity (Wildman–Crippen MR) is 100 cm³/mol. The number of likely N-dealkylation sites (N-methyl/N-ethyl adjacent to an activating group) is 1. The van der Waals surface area contributed by atoms with Crippen LogP contribution in [0.5, 0.6) is 11.5 Å². The van der Waals surface area contributed by atoms with Crippen molar-refractivity contribution >= 4 is 5.91 Å². The van der Waals surface area contributed by atoms with Crippen molar-refractivity contribution in [1.82, 2.24) is 20.4 Å². The van der Waals surface area contributed by atoms with Crippen LogP contribution >= 0.6 is 0 Å². The fraction of sp³-hybridized carbons (Fsp3) is 0.474. The van der Waals surface area contributed by atoms with E-state index in [9.17, 15) is 4.79 Å². The second kappa shape index (κ2) is 8.71. The Morgan fingerprint density at radius 3 is 2.46 bits per heavy atom. The summed E-state index contributed by atoms with van der Waals surface area (Å²) in [5.74, 6) is 1.22. The van der Waals surface area contributed by atoms with Gasteiger partial charge in [0.25, 0.3) is 0 Å². The van der Waals surface area contributed by atoms with Crippen LogP contribution in [0.3, 0.4) is 0 Å². The van der Waals surface area contributed by atoms with Gasteiger partial charge in [0.15, 0.2) is 11.5 Å². The molecule has 0 bridgehead atoms. The minimum atomic E-state index is -0.461. The van der Waals surface area contributed by atoms with Crippen molar-refractivity contribution in [2.24, 2.45) is 7.05 Å². The molecule has 2 atom stereocenters. The number of carbonyl (C=O) groups is 1. The van der Waals surface area contributed by atoms with Crippen molar-refractivity contribution in [3.8, 4) is 11.5 Å². The molecular formula is C19H28N4O3. The Bertz CT molecular complexity index is 742. The molecule has 7 heteroatoms. The van der Waals surface area contributed by atoms with Gasteiger partial charge >= 0.3 is 0 Å². The lowest BCUT2D eigenvalue weighted by molar-refractivity contribution is -0.123. The van der Waals surface area contributed by atoms with Crippen LogP contribution < -0.4 is 20.1 Å². The molecule has 1 aromatic heterocycles. The summed E-state index contributed by atoms with van der Waals surface area (Å²) in [6.45, 7) is 5.87. The first kappa shape index (κ1) is 19.8. The zero-order chi connectivity index (χ0) is 19.3. The van der Waals surface area contributed by atoms with Gasteiger partial charge in [-0.05, 0) is 45.5 Å². The van der Waals surface area contributed by atoms with Gasteiger partial charge in [0, 0.05) is 18.8 Å². The van der Waals surface area contributed by atoms with E-state index in [1.165, 1.54) is 0 Å². The summed E-state index contributed by atoms with van der Waals surface area (Å²) < 4.78 is 12.8. The first-order chi connectivity index (χ1) is 12.3. The van der Waals surface area contributed by atoms with E-state index in [4.69, 9.17) is 9.47 Å². The number of methoxy groups -OCH3 is 1. The number of hydrogen-bond acceptors (Lipinski definition) is 5. The van der Waals surface area contributed by atoms with Gasteiger partial charge in [-0.25, -0.2) is 0 Å². The van der Waals surface area contributed by atoms with Crippen molar-refractivity contribution in [2.45, 2.75) is 39.0 Å². The van der Waals surface area contributed by atoms with Crippen LogP contribution in [0.2, 0.25) is 0 Å². The third kappa shape index (κ3) is 4.76. The number of aryl methyl sites for hydroxylation is 1. The SMILES string of the molecule is CNC(C(=O)NC(C)c1ccc(OC(C)C)c(OC)c1)c1cnn(C)c1. The first-order valence-corrected chi connectivity index (χ1v) is 8.66. The van der Waals surface area contributed by atoms with Gasteiger partial charge in [0.2, 0.25) is 5.91 Å². The lowest BCUT2D eigenvalue weighted by atomic mass is 10.1. The van der Waals surface area contributed by atoms with Gasteiger partial charge in [-0.1, -0.05) is 6.07 Å². The number of benzene rings is 1. The average molecular weight is 360 g/mol. The van der Waals surface area contributed by atoms with Crippen molar-refractivity contribution in [3.63, 3.8) is 0 Å². The van der Waals surface area contributed by atoms with Crippen LogP contribution in [0.15, 0.2) is 30.6 Å². The second-order valence-corrected chi connectivity index (χ2v) is 6.48. The van der Waals surface area contributed by atoms with Gasteiger partial charge in [-0.15, -0.1) is 0 Å². The number of ether oxygens (including phenoxy) is 2. The zero-order valence-corrected chi connectivity index (χ0v) is 16.2. The number of carbonyl (C=O) groups excluding carboxylic acids is 1. The molecule has 0 aliphatic carbocycles. The Labute approximate surface area is 154 Å². The summed E-state index contributed by atoms with van der Waals surface area (Å²) in [6, 6.07) is 5.05. The van der Waals surface area contributed by atoms with E-state index in [1.807, 2.05) is 52.2 Å². The summed E-state index contributed by atoms with van der Waals surface area (Å²) in [5.41, 5.74) is 1.75. The predicted octanol–water partition coefficient (Wildman–Crippen LogP) is 2.35. The normalized spacial score (nSPS) is 13.3. The molecule has 2 N–H and O–H groups in total. The van der Waals surface area contributed by atoms with Crippen LogP contribution in [0.1, 0.15) is 44.0 Å². The molecular weight excluding hydrogens is 332 g/mol. The maximum atomic E-state index is 12.7. The monoisotopic (exact) mass is 360 g/mol. The summed E-state index contributed by atoms with van der Waals surface area (Å²) in [5, 5.41) is 10.2. The fourth-order valence-electron chi connectivity index (χ4n) is 2.72. The van der Waals surface area contributed by atoms with Gasteiger partial charge in [0.05, 0.1) is 25.5 Å². The number of nitrogens with one attached hydrogen (secondary N) is 2. The minimum absolute atomic E-state index is 0.0581.